The van der Waals surface area contributed by atoms with E-state index >= 15 is 0 Å². The summed E-state index contributed by atoms with van der Waals surface area (Å²) < 4.78 is 48.7. The summed E-state index contributed by atoms with van der Waals surface area (Å²) in [4.78, 5) is 9.04. The lowest BCUT2D eigenvalue weighted by molar-refractivity contribution is -0.137. The maximum absolute atomic E-state index is 12.8. The molecular formula is C20H26F3N5O2. The van der Waals surface area contributed by atoms with Crippen molar-refractivity contribution in [2.45, 2.75) is 19.6 Å². The lowest BCUT2D eigenvalue weighted by Crippen LogP contribution is -2.52. The third-order valence-electron chi connectivity index (χ3n) is 4.67. The first kappa shape index (κ1) is 21.9. The van der Waals surface area contributed by atoms with Crippen LogP contribution >= 0.6 is 0 Å². The molecule has 1 aliphatic heterocycles. The first-order chi connectivity index (χ1) is 14.5. The number of hydrogen-bond donors (Lipinski definition) is 1. The standard InChI is InChI=1S/C20H26F3N5O2/c1-2-24-19(28-10-8-27(9-11-28)15-17-6-12-30-26-17)25-7-13-29-18-5-3-4-16(14-18)20(21,22)23/h3-6,12,14H,2,7-11,13,15H2,1H3,(H,24,25). The molecule has 0 aliphatic carbocycles. The summed E-state index contributed by atoms with van der Waals surface area (Å²) in [7, 11) is 0. The second-order valence-electron chi connectivity index (χ2n) is 6.86. The van der Waals surface area contributed by atoms with E-state index in [-0.39, 0.29) is 12.4 Å². The lowest BCUT2D eigenvalue weighted by Gasteiger charge is -2.36. The van der Waals surface area contributed by atoms with Crippen LogP contribution in [0.4, 0.5) is 13.2 Å². The van der Waals surface area contributed by atoms with Crippen LogP contribution in [-0.4, -0.2) is 66.8 Å². The minimum absolute atomic E-state index is 0.187. The van der Waals surface area contributed by atoms with Gasteiger partial charge in [0.05, 0.1) is 17.8 Å². The monoisotopic (exact) mass is 425 g/mol. The molecule has 1 aromatic heterocycles. The van der Waals surface area contributed by atoms with E-state index in [0.717, 1.165) is 63.1 Å². The Hall–Kier alpha value is -2.75. The molecule has 1 fully saturated rings. The van der Waals surface area contributed by atoms with E-state index < -0.39 is 11.7 Å². The van der Waals surface area contributed by atoms with Crippen LogP contribution in [-0.2, 0) is 12.7 Å². The van der Waals surface area contributed by atoms with Crippen LogP contribution in [0.3, 0.4) is 0 Å². The van der Waals surface area contributed by atoms with Crippen molar-refractivity contribution in [3.63, 3.8) is 0 Å². The van der Waals surface area contributed by atoms with Gasteiger partial charge in [-0.15, -0.1) is 0 Å². The Morgan fingerprint density at radius 1 is 1.23 bits per heavy atom. The highest BCUT2D eigenvalue weighted by molar-refractivity contribution is 5.80. The first-order valence-electron chi connectivity index (χ1n) is 9.90. The third-order valence-corrected chi connectivity index (χ3v) is 4.67. The minimum Gasteiger partial charge on any atom is -0.492 e. The van der Waals surface area contributed by atoms with Gasteiger partial charge in [-0.3, -0.25) is 4.90 Å². The highest BCUT2D eigenvalue weighted by Crippen LogP contribution is 2.31. The van der Waals surface area contributed by atoms with Gasteiger partial charge in [-0.1, -0.05) is 11.2 Å². The summed E-state index contributed by atoms with van der Waals surface area (Å²) in [6, 6.07) is 6.74. The van der Waals surface area contributed by atoms with Crippen molar-refractivity contribution in [1.82, 2.24) is 20.3 Å². The van der Waals surface area contributed by atoms with Crippen LogP contribution < -0.4 is 10.1 Å². The van der Waals surface area contributed by atoms with Crippen LogP contribution in [0.5, 0.6) is 5.75 Å². The van der Waals surface area contributed by atoms with Gasteiger partial charge in [-0.05, 0) is 25.1 Å². The van der Waals surface area contributed by atoms with E-state index in [1.807, 2.05) is 13.0 Å². The summed E-state index contributed by atoms with van der Waals surface area (Å²) in [5, 5.41) is 7.21. The molecule has 3 rings (SSSR count). The van der Waals surface area contributed by atoms with E-state index in [2.05, 4.69) is 25.3 Å². The van der Waals surface area contributed by atoms with Gasteiger partial charge in [0, 0.05) is 45.3 Å². The molecule has 164 valence electrons. The van der Waals surface area contributed by atoms with Crippen LogP contribution in [0.1, 0.15) is 18.2 Å². The molecule has 0 amide bonds. The second kappa shape index (κ2) is 10.3. The average molecular weight is 425 g/mol. The van der Waals surface area contributed by atoms with Gasteiger partial charge < -0.3 is 19.5 Å². The van der Waals surface area contributed by atoms with Crippen LogP contribution in [0, 0.1) is 0 Å². The third kappa shape index (κ3) is 6.38. The van der Waals surface area contributed by atoms with Crippen molar-refractivity contribution in [3.8, 4) is 5.75 Å². The maximum Gasteiger partial charge on any atom is 0.416 e. The smallest absolute Gasteiger partial charge is 0.416 e. The number of benzene rings is 1. The van der Waals surface area contributed by atoms with Gasteiger partial charge >= 0.3 is 6.18 Å². The highest BCUT2D eigenvalue weighted by atomic mass is 19.4. The zero-order valence-electron chi connectivity index (χ0n) is 16.9. The molecule has 0 atom stereocenters. The van der Waals surface area contributed by atoms with E-state index in [1.54, 1.807) is 6.26 Å². The van der Waals surface area contributed by atoms with Crippen molar-refractivity contribution >= 4 is 5.96 Å². The number of halogens is 3. The van der Waals surface area contributed by atoms with Gasteiger partial charge in [0.25, 0.3) is 0 Å². The van der Waals surface area contributed by atoms with Crippen molar-refractivity contribution in [1.29, 1.82) is 0 Å². The molecule has 1 aliphatic rings. The fourth-order valence-electron chi connectivity index (χ4n) is 3.17. The molecule has 0 bridgehead atoms. The number of ether oxygens (including phenoxy) is 1. The Labute approximate surface area is 173 Å². The van der Waals surface area contributed by atoms with Gasteiger partial charge in [-0.25, -0.2) is 4.99 Å². The zero-order valence-corrected chi connectivity index (χ0v) is 16.9. The Kier molecular flexibility index (Phi) is 7.56. The summed E-state index contributed by atoms with van der Waals surface area (Å²) in [5.41, 5.74) is 0.191. The molecule has 10 heteroatoms. The number of piperazine rings is 1. The number of nitrogens with one attached hydrogen (secondary N) is 1. The largest absolute Gasteiger partial charge is 0.492 e. The zero-order chi connectivity index (χ0) is 21.4. The molecule has 0 radical (unpaired) electrons. The second-order valence-corrected chi connectivity index (χ2v) is 6.86. The molecule has 0 spiro atoms. The van der Waals surface area contributed by atoms with E-state index in [9.17, 15) is 13.2 Å². The van der Waals surface area contributed by atoms with E-state index in [1.165, 1.54) is 12.1 Å². The van der Waals surface area contributed by atoms with Gasteiger partial charge in [0.1, 0.15) is 18.6 Å². The Morgan fingerprint density at radius 2 is 2.03 bits per heavy atom. The lowest BCUT2D eigenvalue weighted by atomic mass is 10.2. The molecule has 2 aromatic rings. The molecule has 0 unspecified atom stereocenters. The van der Waals surface area contributed by atoms with Gasteiger partial charge in [-0.2, -0.15) is 13.2 Å². The predicted molar refractivity (Wildman–Crippen MR) is 106 cm³/mol. The highest BCUT2D eigenvalue weighted by Gasteiger charge is 2.30. The molecule has 30 heavy (non-hydrogen) atoms. The predicted octanol–water partition coefficient (Wildman–Crippen LogP) is 2.86. The molecule has 1 saturated heterocycles. The molecule has 7 nitrogen and oxygen atoms in total. The fraction of sp³-hybridized carbons (Fsp3) is 0.500. The summed E-state index contributed by atoms with van der Waals surface area (Å²) in [5.74, 6) is 0.970. The number of hydrogen-bond acceptors (Lipinski definition) is 5. The average Bonchev–Trinajstić information content (AvgIpc) is 3.24. The Balaban J connectivity index is 1.48. The van der Waals surface area contributed by atoms with Gasteiger partial charge in [0.2, 0.25) is 0 Å². The molecular weight excluding hydrogens is 399 g/mol. The van der Waals surface area contributed by atoms with Crippen LogP contribution in [0.15, 0.2) is 46.1 Å². The van der Waals surface area contributed by atoms with Crippen molar-refractivity contribution in [3.05, 3.63) is 47.9 Å². The normalized spacial score (nSPS) is 16.0. The van der Waals surface area contributed by atoms with Gasteiger partial charge in [0.15, 0.2) is 5.96 Å². The SMILES string of the molecule is CCNC(=NCCOc1cccc(C(F)(F)F)c1)N1CCN(Cc2ccon2)CC1. The molecule has 2 heterocycles. The van der Waals surface area contributed by atoms with E-state index in [4.69, 9.17) is 9.26 Å². The Morgan fingerprint density at radius 3 is 2.70 bits per heavy atom. The fourth-order valence-corrected chi connectivity index (χ4v) is 3.17. The minimum atomic E-state index is -4.38. The molecule has 1 N–H and O–H groups in total. The quantitative estimate of drug-likeness (QED) is 0.418. The Bertz CT molecular complexity index is 803. The van der Waals surface area contributed by atoms with Crippen molar-refractivity contribution < 1.29 is 22.4 Å². The molecule has 0 saturated carbocycles. The van der Waals surface area contributed by atoms with Crippen LogP contribution in [0.2, 0.25) is 0 Å². The van der Waals surface area contributed by atoms with E-state index in [0.29, 0.717) is 6.54 Å². The summed E-state index contributed by atoms with van der Waals surface area (Å²) in [6.45, 7) is 7.40. The number of alkyl halides is 3. The first-order valence-corrected chi connectivity index (χ1v) is 9.90. The number of rotatable bonds is 7. The number of aromatic nitrogens is 1. The number of nitrogens with zero attached hydrogens (tertiary/aromatic N) is 4. The van der Waals surface area contributed by atoms with Crippen LogP contribution in [0.25, 0.3) is 0 Å². The number of guanidine groups is 1. The maximum atomic E-state index is 12.8. The van der Waals surface area contributed by atoms with Crippen molar-refractivity contribution in [2.24, 2.45) is 4.99 Å². The summed E-state index contributed by atoms with van der Waals surface area (Å²) >= 11 is 0. The molecule has 1 aromatic carbocycles. The van der Waals surface area contributed by atoms with Crippen molar-refractivity contribution in [2.75, 3.05) is 45.9 Å². The number of aliphatic imine (C=N–C) groups is 1. The summed E-state index contributed by atoms with van der Waals surface area (Å²) in [6.07, 6.45) is -2.81. The topological polar surface area (TPSA) is 66.1 Å².